The van der Waals surface area contributed by atoms with Gasteiger partial charge in [0.2, 0.25) is 5.91 Å². The third kappa shape index (κ3) is 3.83. The molecule has 0 saturated heterocycles. The van der Waals surface area contributed by atoms with E-state index in [2.05, 4.69) is 29.1 Å². The van der Waals surface area contributed by atoms with E-state index >= 15 is 0 Å². The quantitative estimate of drug-likeness (QED) is 0.915. The van der Waals surface area contributed by atoms with Gasteiger partial charge in [-0.25, -0.2) is 9.97 Å². The number of aromatic nitrogens is 3. The third-order valence-corrected chi connectivity index (χ3v) is 5.25. The standard InChI is InChI=1S/C19H26N4O/c1-19(2)8-4-3-7-16(19)12-17(24)22-13-15-6-5-9-21-18(15)23-11-10-20-14-23/h5-6,9-11,14,16H,3-4,7-8,12-13H2,1-2H3,(H,22,24). The fourth-order valence-electron chi connectivity index (χ4n) is 3.62. The maximum atomic E-state index is 12.4. The summed E-state index contributed by atoms with van der Waals surface area (Å²) >= 11 is 0. The lowest BCUT2D eigenvalue weighted by Gasteiger charge is -2.38. The molecule has 0 aliphatic heterocycles. The van der Waals surface area contributed by atoms with Gasteiger partial charge in [0, 0.05) is 37.1 Å². The molecule has 1 amide bonds. The summed E-state index contributed by atoms with van der Waals surface area (Å²) in [7, 11) is 0. The maximum absolute atomic E-state index is 12.4. The van der Waals surface area contributed by atoms with Crippen molar-refractivity contribution in [3.63, 3.8) is 0 Å². The third-order valence-electron chi connectivity index (χ3n) is 5.25. The number of carbonyl (C=O) groups excluding carboxylic acids is 1. The molecule has 3 rings (SSSR count). The molecule has 24 heavy (non-hydrogen) atoms. The van der Waals surface area contributed by atoms with Crippen molar-refractivity contribution < 1.29 is 4.79 Å². The van der Waals surface area contributed by atoms with Gasteiger partial charge in [-0.05, 0) is 30.2 Å². The Morgan fingerprint density at radius 2 is 2.25 bits per heavy atom. The Bertz CT molecular complexity index is 678. The zero-order chi connectivity index (χ0) is 17.0. The summed E-state index contributed by atoms with van der Waals surface area (Å²) in [4.78, 5) is 20.9. The van der Waals surface area contributed by atoms with Gasteiger partial charge in [0.05, 0.1) is 0 Å². The average Bonchev–Trinajstić information content (AvgIpc) is 3.09. The first kappa shape index (κ1) is 16.7. The van der Waals surface area contributed by atoms with Crippen LogP contribution in [0.15, 0.2) is 37.1 Å². The summed E-state index contributed by atoms with van der Waals surface area (Å²) < 4.78 is 1.87. The molecule has 128 valence electrons. The lowest BCUT2D eigenvalue weighted by Crippen LogP contribution is -2.33. The number of amides is 1. The zero-order valence-electron chi connectivity index (χ0n) is 14.5. The molecule has 2 aromatic heterocycles. The van der Waals surface area contributed by atoms with Crippen LogP contribution in [0.5, 0.6) is 0 Å². The van der Waals surface area contributed by atoms with E-state index < -0.39 is 0 Å². The van der Waals surface area contributed by atoms with Crippen LogP contribution in [0.4, 0.5) is 0 Å². The van der Waals surface area contributed by atoms with Crippen LogP contribution in [0.1, 0.15) is 51.5 Å². The lowest BCUT2D eigenvalue weighted by molar-refractivity contribution is -0.123. The van der Waals surface area contributed by atoms with Crippen molar-refractivity contribution >= 4 is 5.91 Å². The van der Waals surface area contributed by atoms with Gasteiger partial charge in [-0.2, -0.15) is 0 Å². The summed E-state index contributed by atoms with van der Waals surface area (Å²) in [5.74, 6) is 1.43. The van der Waals surface area contributed by atoms with Crippen LogP contribution in [0.25, 0.3) is 5.82 Å². The average molecular weight is 326 g/mol. The predicted molar refractivity (Wildman–Crippen MR) is 93.6 cm³/mol. The molecule has 0 aromatic carbocycles. The molecular formula is C19H26N4O. The van der Waals surface area contributed by atoms with Crippen molar-refractivity contribution in [2.45, 2.75) is 52.5 Å². The van der Waals surface area contributed by atoms with E-state index in [1.165, 1.54) is 19.3 Å². The Kier molecular flexibility index (Phi) is 4.97. The van der Waals surface area contributed by atoms with Gasteiger partial charge >= 0.3 is 0 Å². The highest BCUT2D eigenvalue weighted by molar-refractivity contribution is 5.76. The van der Waals surface area contributed by atoms with Crippen LogP contribution < -0.4 is 5.32 Å². The lowest BCUT2D eigenvalue weighted by atomic mass is 9.67. The van der Waals surface area contributed by atoms with Crippen molar-refractivity contribution in [2.75, 3.05) is 0 Å². The molecule has 1 aliphatic carbocycles. The predicted octanol–water partition coefficient (Wildman–Crippen LogP) is 3.49. The molecule has 0 radical (unpaired) electrons. The second-order valence-electron chi connectivity index (χ2n) is 7.37. The van der Waals surface area contributed by atoms with Gasteiger partial charge in [0.15, 0.2) is 0 Å². The van der Waals surface area contributed by atoms with Crippen molar-refractivity contribution in [1.82, 2.24) is 19.9 Å². The smallest absolute Gasteiger partial charge is 0.220 e. The van der Waals surface area contributed by atoms with Gasteiger partial charge in [-0.3, -0.25) is 9.36 Å². The molecule has 5 heteroatoms. The largest absolute Gasteiger partial charge is 0.352 e. The number of carbonyl (C=O) groups is 1. The van der Waals surface area contributed by atoms with Crippen molar-refractivity contribution in [1.29, 1.82) is 0 Å². The summed E-state index contributed by atoms with van der Waals surface area (Å²) in [6.45, 7) is 5.08. The second kappa shape index (κ2) is 7.16. The fourth-order valence-corrected chi connectivity index (χ4v) is 3.62. The van der Waals surface area contributed by atoms with Crippen LogP contribution in [0, 0.1) is 11.3 Å². The topological polar surface area (TPSA) is 59.8 Å². The molecular weight excluding hydrogens is 300 g/mol. The molecule has 2 aromatic rings. The highest BCUT2D eigenvalue weighted by Crippen LogP contribution is 2.42. The number of imidazole rings is 1. The minimum atomic E-state index is 0.135. The van der Waals surface area contributed by atoms with Crippen molar-refractivity contribution in [3.8, 4) is 5.82 Å². The van der Waals surface area contributed by atoms with E-state index in [-0.39, 0.29) is 11.3 Å². The van der Waals surface area contributed by atoms with Crippen LogP contribution in [0.3, 0.4) is 0 Å². The van der Waals surface area contributed by atoms with Gasteiger partial charge in [-0.15, -0.1) is 0 Å². The number of rotatable bonds is 5. The first-order valence-electron chi connectivity index (χ1n) is 8.75. The molecule has 5 nitrogen and oxygen atoms in total. The minimum absolute atomic E-state index is 0.135. The summed E-state index contributed by atoms with van der Waals surface area (Å²) in [5.41, 5.74) is 1.26. The van der Waals surface area contributed by atoms with E-state index in [9.17, 15) is 4.79 Å². The zero-order valence-corrected chi connectivity index (χ0v) is 14.5. The van der Waals surface area contributed by atoms with E-state index in [4.69, 9.17) is 0 Å². The number of nitrogens with one attached hydrogen (secondary N) is 1. The Balaban J connectivity index is 1.61. The molecule has 2 heterocycles. The molecule has 1 aliphatic rings. The Labute approximate surface area is 143 Å². The van der Waals surface area contributed by atoms with E-state index in [1.807, 2.05) is 22.9 Å². The number of nitrogens with zero attached hydrogens (tertiary/aromatic N) is 3. The monoisotopic (exact) mass is 326 g/mol. The number of hydrogen-bond donors (Lipinski definition) is 1. The Morgan fingerprint density at radius 1 is 1.38 bits per heavy atom. The second-order valence-corrected chi connectivity index (χ2v) is 7.37. The van der Waals surface area contributed by atoms with E-state index in [0.717, 1.165) is 17.8 Å². The van der Waals surface area contributed by atoms with E-state index in [0.29, 0.717) is 18.9 Å². The summed E-state index contributed by atoms with van der Waals surface area (Å²) in [6, 6.07) is 3.89. The fraction of sp³-hybridized carbons (Fsp3) is 0.526. The van der Waals surface area contributed by atoms with Crippen LogP contribution in [-0.4, -0.2) is 20.4 Å². The number of pyridine rings is 1. The molecule has 1 atom stereocenters. The molecule has 0 bridgehead atoms. The van der Waals surface area contributed by atoms with Crippen molar-refractivity contribution in [2.24, 2.45) is 11.3 Å². The Morgan fingerprint density at radius 3 is 3.00 bits per heavy atom. The van der Waals surface area contributed by atoms with Crippen LogP contribution in [-0.2, 0) is 11.3 Å². The summed E-state index contributed by atoms with van der Waals surface area (Å²) in [6.07, 6.45) is 12.6. The molecule has 1 N–H and O–H groups in total. The normalized spacial score (nSPS) is 19.8. The van der Waals surface area contributed by atoms with Gasteiger partial charge in [-0.1, -0.05) is 32.8 Å². The van der Waals surface area contributed by atoms with E-state index in [1.54, 1.807) is 18.7 Å². The maximum Gasteiger partial charge on any atom is 0.220 e. The SMILES string of the molecule is CC1(C)CCCCC1CC(=O)NCc1cccnc1-n1ccnc1. The highest BCUT2D eigenvalue weighted by Gasteiger charge is 2.33. The minimum Gasteiger partial charge on any atom is -0.352 e. The van der Waals surface area contributed by atoms with Gasteiger partial charge in [0.1, 0.15) is 12.1 Å². The first-order valence-corrected chi connectivity index (χ1v) is 8.75. The van der Waals surface area contributed by atoms with Gasteiger partial charge in [0.25, 0.3) is 0 Å². The van der Waals surface area contributed by atoms with Crippen molar-refractivity contribution in [3.05, 3.63) is 42.6 Å². The van der Waals surface area contributed by atoms with Crippen LogP contribution >= 0.6 is 0 Å². The first-order chi connectivity index (χ1) is 11.6. The molecule has 0 spiro atoms. The molecule has 1 fully saturated rings. The Hall–Kier alpha value is -2.17. The number of hydrogen-bond acceptors (Lipinski definition) is 3. The molecule has 1 saturated carbocycles. The highest BCUT2D eigenvalue weighted by atomic mass is 16.1. The van der Waals surface area contributed by atoms with Gasteiger partial charge < -0.3 is 5.32 Å². The van der Waals surface area contributed by atoms with Crippen LogP contribution in [0.2, 0.25) is 0 Å². The summed E-state index contributed by atoms with van der Waals surface area (Å²) in [5, 5.41) is 3.07. The molecule has 1 unspecified atom stereocenters.